The SMILES string of the molecule is CNc1cc(C)nc2ccc(OCc3ccccc3)cc12. The number of fused-ring (bicyclic) bond motifs is 1. The minimum atomic E-state index is 0.570. The number of aromatic nitrogens is 1. The van der Waals surface area contributed by atoms with Gasteiger partial charge in [-0.1, -0.05) is 30.3 Å². The van der Waals surface area contributed by atoms with Crippen LogP contribution in [0.1, 0.15) is 11.3 Å². The molecule has 1 N–H and O–H groups in total. The average molecular weight is 278 g/mol. The molecular weight excluding hydrogens is 260 g/mol. The molecule has 1 heterocycles. The first kappa shape index (κ1) is 13.4. The minimum absolute atomic E-state index is 0.570. The number of aryl methyl sites for hydroxylation is 1. The first-order chi connectivity index (χ1) is 10.3. The summed E-state index contributed by atoms with van der Waals surface area (Å²) in [6.45, 7) is 2.57. The van der Waals surface area contributed by atoms with Crippen molar-refractivity contribution in [1.29, 1.82) is 0 Å². The summed E-state index contributed by atoms with van der Waals surface area (Å²) in [4.78, 5) is 4.55. The van der Waals surface area contributed by atoms with E-state index in [0.717, 1.165) is 33.6 Å². The van der Waals surface area contributed by atoms with Crippen molar-refractivity contribution in [2.75, 3.05) is 12.4 Å². The monoisotopic (exact) mass is 278 g/mol. The van der Waals surface area contributed by atoms with Crippen molar-refractivity contribution in [2.45, 2.75) is 13.5 Å². The van der Waals surface area contributed by atoms with Crippen molar-refractivity contribution in [3.8, 4) is 5.75 Å². The average Bonchev–Trinajstić information content (AvgIpc) is 2.53. The molecule has 0 aliphatic rings. The van der Waals surface area contributed by atoms with E-state index in [1.807, 2.05) is 56.4 Å². The van der Waals surface area contributed by atoms with E-state index in [4.69, 9.17) is 4.74 Å². The van der Waals surface area contributed by atoms with Crippen LogP contribution >= 0.6 is 0 Å². The molecule has 1 aromatic heterocycles. The van der Waals surface area contributed by atoms with Crippen LogP contribution in [-0.4, -0.2) is 12.0 Å². The molecular formula is C18H18N2O. The fourth-order valence-electron chi connectivity index (χ4n) is 2.37. The first-order valence-electron chi connectivity index (χ1n) is 7.02. The predicted molar refractivity (Wildman–Crippen MR) is 86.8 cm³/mol. The predicted octanol–water partition coefficient (Wildman–Crippen LogP) is 4.16. The molecule has 106 valence electrons. The second-order valence-electron chi connectivity index (χ2n) is 5.01. The number of pyridine rings is 1. The Morgan fingerprint density at radius 1 is 1.05 bits per heavy atom. The van der Waals surface area contributed by atoms with Crippen LogP contribution in [-0.2, 0) is 6.61 Å². The fraction of sp³-hybridized carbons (Fsp3) is 0.167. The molecule has 3 nitrogen and oxygen atoms in total. The molecule has 2 aromatic carbocycles. The summed E-state index contributed by atoms with van der Waals surface area (Å²) in [5, 5.41) is 4.29. The zero-order valence-electron chi connectivity index (χ0n) is 12.3. The topological polar surface area (TPSA) is 34.2 Å². The number of hydrogen-bond acceptors (Lipinski definition) is 3. The molecule has 0 saturated carbocycles. The summed E-state index contributed by atoms with van der Waals surface area (Å²) < 4.78 is 5.87. The highest BCUT2D eigenvalue weighted by Crippen LogP contribution is 2.27. The molecule has 0 amide bonds. The molecule has 0 atom stereocenters. The van der Waals surface area contributed by atoms with Gasteiger partial charge < -0.3 is 10.1 Å². The molecule has 3 heteroatoms. The second-order valence-corrected chi connectivity index (χ2v) is 5.01. The Morgan fingerprint density at radius 2 is 1.86 bits per heavy atom. The van der Waals surface area contributed by atoms with E-state index in [-0.39, 0.29) is 0 Å². The first-order valence-corrected chi connectivity index (χ1v) is 7.02. The largest absolute Gasteiger partial charge is 0.489 e. The number of rotatable bonds is 4. The van der Waals surface area contributed by atoms with Gasteiger partial charge in [-0.2, -0.15) is 0 Å². The van der Waals surface area contributed by atoms with Crippen molar-refractivity contribution >= 4 is 16.6 Å². The van der Waals surface area contributed by atoms with Crippen LogP contribution < -0.4 is 10.1 Å². The van der Waals surface area contributed by atoms with Gasteiger partial charge in [0.1, 0.15) is 12.4 Å². The van der Waals surface area contributed by atoms with Crippen LogP contribution in [0.5, 0.6) is 5.75 Å². The van der Waals surface area contributed by atoms with Gasteiger partial charge in [0.15, 0.2) is 0 Å². The Hall–Kier alpha value is -2.55. The maximum absolute atomic E-state index is 5.87. The van der Waals surface area contributed by atoms with E-state index >= 15 is 0 Å². The van der Waals surface area contributed by atoms with E-state index in [1.54, 1.807) is 0 Å². The summed E-state index contributed by atoms with van der Waals surface area (Å²) >= 11 is 0. The van der Waals surface area contributed by atoms with Crippen LogP contribution in [0.15, 0.2) is 54.6 Å². The third kappa shape index (κ3) is 2.97. The zero-order chi connectivity index (χ0) is 14.7. The second kappa shape index (κ2) is 5.83. The summed E-state index contributed by atoms with van der Waals surface area (Å²) in [5.74, 6) is 0.855. The van der Waals surface area contributed by atoms with Gasteiger partial charge in [-0.05, 0) is 36.8 Å². The van der Waals surface area contributed by atoms with Crippen molar-refractivity contribution in [3.05, 3.63) is 65.9 Å². The van der Waals surface area contributed by atoms with Crippen molar-refractivity contribution in [1.82, 2.24) is 4.98 Å². The molecule has 3 aromatic rings. The van der Waals surface area contributed by atoms with Gasteiger partial charge in [0.2, 0.25) is 0 Å². The molecule has 0 bridgehead atoms. The third-order valence-corrected chi connectivity index (χ3v) is 3.43. The third-order valence-electron chi connectivity index (χ3n) is 3.43. The smallest absolute Gasteiger partial charge is 0.120 e. The highest BCUT2D eigenvalue weighted by Gasteiger charge is 2.05. The van der Waals surface area contributed by atoms with Gasteiger partial charge in [0.05, 0.1) is 5.52 Å². The molecule has 0 aliphatic heterocycles. The Morgan fingerprint density at radius 3 is 2.62 bits per heavy atom. The lowest BCUT2D eigenvalue weighted by Gasteiger charge is -2.10. The minimum Gasteiger partial charge on any atom is -0.489 e. The van der Waals surface area contributed by atoms with Gasteiger partial charge in [0.25, 0.3) is 0 Å². The summed E-state index contributed by atoms with van der Waals surface area (Å²) in [7, 11) is 1.92. The molecule has 0 aliphatic carbocycles. The molecule has 0 saturated heterocycles. The van der Waals surface area contributed by atoms with Crippen molar-refractivity contribution in [2.24, 2.45) is 0 Å². The Bertz CT molecular complexity index is 754. The number of benzene rings is 2. The summed E-state index contributed by atoms with van der Waals surface area (Å²) in [5.41, 5.74) is 4.22. The number of ether oxygens (including phenoxy) is 1. The van der Waals surface area contributed by atoms with E-state index in [2.05, 4.69) is 22.4 Å². The Kier molecular flexibility index (Phi) is 3.73. The van der Waals surface area contributed by atoms with E-state index in [9.17, 15) is 0 Å². The molecule has 0 radical (unpaired) electrons. The standard InChI is InChI=1S/C18H18N2O/c1-13-10-18(19-2)16-11-15(8-9-17(16)20-13)21-12-14-6-4-3-5-7-14/h3-11H,12H2,1-2H3,(H,19,20). The van der Waals surface area contributed by atoms with Gasteiger partial charge >= 0.3 is 0 Å². The number of hydrogen-bond donors (Lipinski definition) is 1. The molecule has 3 rings (SSSR count). The van der Waals surface area contributed by atoms with E-state index in [1.165, 1.54) is 0 Å². The number of nitrogens with one attached hydrogen (secondary N) is 1. The van der Waals surface area contributed by atoms with E-state index in [0.29, 0.717) is 6.61 Å². The number of anilines is 1. The quantitative estimate of drug-likeness (QED) is 0.778. The summed E-state index contributed by atoms with van der Waals surface area (Å²) in [6, 6.07) is 18.2. The molecule has 0 spiro atoms. The molecule has 0 fully saturated rings. The van der Waals surface area contributed by atoms with Crippen LogP contribution in [0, 0.1) is 6.92 Å². The molecule has 21 heavy (non-hydrogen) atoms. The van der Waals surface area contributed by atoms with Crippen LogP contribution in [0.3, 0.4) is 0 Å². The lowest BCUT2D eigenvalue weighted by atomic mass is 10.1. The maximum atomic E-state index is 5.87. The Labute approximate surface area is 124 Å². The Balaban J connectivity index is 1.88. The van der Waals surface area contributed by atoms with Gasteiger partial charge in [-0.3, -0.25) is 4.98 Å². The lowest BCUT2D eigenvalue weighted by Crippen LogP contribution is -1.97. The van der Waals surface area contributed by atoms with Gasteiger partial charge in [-0.25, -0.2) is 0 Å². The van der Waals surface area contributed by atoms with Crippen LogP contribution in [0.4, 0.5) is 5.69 Å². The normalized spacial score (nSPS) is 10.6. The molecule has 0 unspecified atom stereocenters. The van der Waals surface area contributed by atoms with Crippen LogP contribution in [0.2, 0.25) is 0 Å². The van der Waals surface area contributed by atoms with Crippen molar-refractivity contribution in [3.63, 3.8) is 0 Å². The van der Waals surface area contributed by atoms with Crippen molar-refractivity contribution < 1.29 is 4.74 Å². The lowest BCUT2D eigenvalue weighted by molar-refractivity contribution is 0.306. The fourth-order valence-corrected chi connectivity index (χ4v) is 2.37. The van der Waals surface area contributed by atoms with Crippen LogP contribution in [0.25, 0.3) is 10.9 Å². The van der Waals surface area contributed by atoms with Gasteiger partial charge in [-0.15, -0.1) is 0 Å². The highest BCUT2D eigenvalue weighted by atomic mass is 16.5. The summed E-state index contributed by atoms with van der Waals surface area (Å²) in [6.07, 6.45) is 0. The van der Waals surface area contributed by atoms with Gasteiger partial charge in [0, 0.05) is 23.8 Å². The highest BCUT2D eigenvalue weighted by molar-refractivity contribution is 5.92. The number of nitrogens with zero attached hydrogens (tertiary/aromatic N) is 1. The zero-order valence-corrected chi connectivity index (χ0v) is 12.3. The van der Waals surface area contributed by atoms with E-state index < -0.39 is 0 Å². The maximum Gasteiger partial charge on any atom is 0.120 e.